The Morgan fingerprint density at radius 1 is 1.28 bits per heavy atom. The number of ether oxygens (including phenoxy) is 3. The summed E-state index contributed by atoms with van der Waals surface area (Å²) in [6.07, 6.45) is 0.873. The summed E-state index contributed by atoms with van der Waals surface area (Å²) in [4.78, 5) is 10.8. The Morgan fingerprint density at radius 2 is 2.00 bits per heavy atom. The number of aliphatic hydroxyl groups is 1. The number of aliphatic hydroxyl groups excluding tert-OH is 1. The molecule has 5 nitrogen and oxygen atoms in total. The van der Waals surface area contributed by atoms with Crippen molar-refractivity contribution in [2.45, 2.75) is 25.9 Å². The number of hydrogen-bond donors (Lipinski definition) is 1. The molecule has 0 aromatic carbocycles. The summed E-state index contributed by atoms with van der Waals surface area (Å²) in [6.45, 7) is 4.17. The van der Waals surface area contributed by atoms with Gasteiger partial charge < -0.3 is 19.3 Å². The van der Waals surface area contributed by atoms with Gasteiger partial charge in [0.2, 0.25) is 0 Å². The van der Waals surface area contributed by atoms with Gasteiger partial charge >= 0.3 is 5.97 Å². The molecule has 0 saturated heterocycles. The maximum atomic E-state index is 10.8. The van der Waals surface area contributed by atoms with Crippen LogP contribution in [0.3, 0.4) is 0 Å². The maximum Gasteiger partial charge on any atom is 0.306 e. The lowest BCUT2D eigenvalue weighted by atomic mass is 10.4. The summed E-state index contributed by atoms with van der Waals surface area (Å²) in [5.41, 5.74) is 0. The van der Waals surface area contributed by atoms with Crippen LogP contribution < -0.4 is 0 Å². The Morgan fingerprint density at radius 3 is 2.67 bits per heavy atom. The zero-order valence-corrected chi connectivity index (χ0v) is 12.0. The quantitative estimate of drug-likeness (QED) is 0.426. The highest BCUT2D eigenvalue weighted by Crippen LogP contribution is 2.06. The normalized spacial score (nSPS) is 12.4. The van der Waals surface area contributed by atoms with E-state index in [-0.39, 0.29) is 5.97 Å². The van der Waals surface area contributed by atoms with Crippen LogP contribution in [0.1, 0.15) is 19.8 Å². The van der Waals surface area contributed by atoms with Crippen LogP contribution in [0.15, 0.2) is 0 Å². The smallest absolute Gasteiger partial charge is 0.306 e. The minimum Gasteiger partial charge on any atom is -0.469 e. The fourth-order valence-corrected chi connectivity index (χ4v) is 1.95. The van der Waals surface area contributed by atoms with E-state index in [0.29, 0.717) is 37.7 Å². The van der Waals surface area contributed by atoms with E-state index in [0.717, 1.165) is 13.0 Å². The first-order chi connectivity index (χ1) is 8.70. The summed E-state index contributed by atoms with van der Waals surface area (Å²) >= 11 is 1.51. The van der Waals surface area contributed by atoms with Crippen LogP contribution in [0.25, 0.3) is 0 Å². The first-order valence-electron chi connectivity index (χ1n) is 6.18. The van der Waals surface area contributed by atoms with E-state index >= 15 is 0 Å². The molecular formula is C12H24O5S. The Bertz CT molecular complexity index is 201. The molecule has 0 spiro atoms. The van der Waals surface area contributed by atoms with E-state index in [1.165, 1.54) is 18.9 Å². The molecule has 0 radical (unpaired) electrons. The van der Waals surface area contributed by atoms with E-state index in [1.54, 1.807) is 0 Å². The largest absolute Gasteiger partial charge is 0.469 e. The van der Waals surface area contributed by atoms with Crippen molar-refractivity contribution in [3.8, 4) is 0 Å². The molecular weight excluding hydrogens is 256 g/mol. The Hall–Kier alpha value is -0.300. The van der Waals surface area contributed by atoms with Crippen molar-refractivity contribution in [3.05, 3.63) is 0 Å². The molecule has 1 unspecified atom stereocenters. The average molecular weight is 280 g/mol. The summed E-state index contributed by atoms with van der Waals surface area (Å²) in [6, 6.07) is 0. The number of thioether (sulfide) groups is 1. The summed E-state index contributed by atoms with van der Waals surface area (Å²) < 4.78 is 15.0. The van der Waals surface area contributed by atoms with Crippen molar-refractivity contribution >= 4 is 17.7 Å². The van der Waals surface area contributed by atoms with Crippen LogP contribution in [-0.4, -0.2) is 62.2 Å². The fraction of sp³-hybridized carbons (Fsp3) is 0.917. The minimum absolute atomic E-state index is 0.221. The van der Waals surface area contributed by atoms with Crippen molar-refractivity contribution in [1.82, 2.24) is 0 Å². The molecule has 0 saturated carbocycles. The second-order valence-electron chi connectivity index (χ2n) is 3.74. The molecule has 6 heteroatoms. The predicted octanol–water partition coefficient (Wildman–Crippen LogP) is 1.09. The highest BCUT2D eigenvalue weighted by Gasteiger charge is 2.06. The monoisotopic (exact) mass is 280 g/mol. The van der Waals surface area contributed by atoms with E-state index < -0.39 is 6.10 Å². The van der Waals surface area contributed by atoms with Crippen molar-refractivity contribution in [2.24, 2.45) is 0 Å². The highest BCUT2D eigenvalue weighted by molar-refractivity contribution is 7.99. The molecule has 0 aromatic rings. The molecule has 108 valence electrons. The van der Waals surface area contributed by atoms with Gasteiger partial charge in [-0.1, -0.05) is 6.92 Å². The van der Waals surface area contributed by atoms with Gasteiger partial charge in [-0.05, 0) is 6.42 Å². The topological polar surface area (TPSA) is 65.0 Å². The molecule has 0 amide bonds. The van der Waals surface area contributed by atoms with Crippen LogP contribution in [-0.2, 0) is 19.0 Å². The molecule has 0 aliphatic heterocycles. The number of hydrogen-bond acceptors (Lipinski definition) is 6. The zero-order chi connectivity index (χ0) is 13.6. The molecule has 0 fully saturated rings. The van der Waals surface area contributed by atoms with Gasteiger partial charge in [0, 0.05) is 18.1 Å². The minimum atomic E-state index is -0.501. The third kappa shape index (κ3) is 12.2. The summed E-state index contributed by atoms with van der Waals surface area (Å²) in [5.74, 6) is 0.997. The van der Waals surface area contributed by atoms with Gasteiger partial charge in [0.15, 0.2) is 0 Å². The van der Waals surface area contributed by atoms with Crippen molar-refractivity contribution < 1.29 is 24.1 Å². The predicted molar refractivity (Wildman–Crippen MR) is 71.9 cm³/mol. The number of carbonyl (C=O) groups excluding carboxylic acids is 1. The maximum absolute atomic E-state index is 10.8. The molecule has 0 rings (SSSR count). The summed E-state index contributed by atoms with van der Waals surface area (Å²) in [7, 11) is 1.37. The van der Waals surface area contributed by atoms with Gasteiger partial charge in [-0.2, -0.15) is 11.8 Å². The number of esters is 1. The van der Waals surface area contributed by atoms with Crippen molar-refractivity contribution in [2.75, 3.05) is 45.0 Å². The number of methoxy groups -OCH3 is 1. The molecule has 0 bridgehead atoms. The van der Waals surface area contributed by atoms with E-state index in [9.17, 15) is 9.90 Å². The van der Waals surface area contributed by atoms with Crippen LogP contribution in [0.5, 0.6) is 0 Å². The number of rotatable bonds is 12. The van der Waals surface area contributed by atoms with Gasteiger partial charge in [0.05, 0.1) is 39.5 Å². The van der Waals surface area contributed by atoms with Gasteiger partial charge in [-0.25, -0.2) is 0 Å². The van der Waals surface area contributed by atoms with Gasteiger partial charge in [-0.15, -0.1) is 0 Å². The second-order valence-corrected chi connectivity index (χ2v) is 4.89. The third-order valence-corrected chi connectivity index (χ3v) is 3.13. The van der Waals surface area contributed by atoms with Gasteiger partial charge in [0.25, 0.3) is 0 Å². The Balaban J connectivity index is 3.22. The van der Waals surface area contributed by atoms with E-state index in [2.05, 4.69) is 11.7 Å². The standard InChI is InChI=1S/C12H24O5S/c1-3-5-16-6-7-17-9-11(13)10-18-8-4-12(14)15-2/h11,13H,3-10H2,1-2H3. The third-order valence-electron chi connectivity index (χ3n) is 2.02. The molecule has 18 heavy (non-hydrogen) atoms. The van der Waals surface area contributed by atoms with Crippen LogP contribution in [0.4, 0.5) is 0 Å². The molecule has 0 aromatic heterocycles. The first-order valence-corrected chi connectivity index (χ1v) is 7.34. The number of carbonyl (C=O) groups is 1. The molecule has 0 heterocycles. The molecule has 1 N–H and O–H groups in total. The SMILES string of the molecule is CCCOCCOCC(O)CSCCC(=O)OC. The van der Waals surface area contributed by atoms with Gasteiger partial charge in [-0.3, -0.25) is 4.79 Å². The summed E-state index contributed by atoms with van der Waals surface area (Å²) in [5, 5.41) is 9.57. The second kappa shape index (κ2) is 13.1. The van der Waals surface area contributed by atoms with Crippen molar-refractivity contribution in [3.63, 3.8) is 0 Å². The van der Waals surface area contributed by atoms with Gasteiger partial charge in [0.1, 0.15) is 0 Å². The molecule has 0 aliphatic carbocycles. The lowest BCUT2D eigenvalue weighted by molar-refractivity contribution is -0.140. The highest BCUT2D eigenvalue weighted by atomic mass is 32.2. The molecule has 0 aliphatic rings. The lowest BCUT2D eigenvalue weighted by Gasteiger charge is -2.10. The Kier molecular flexibility index (Phi) is 12.9. The van der Waals surface area contributed by atoms with Crippen LogP contribution >= 0.6 is 11.8 Å². The van der Waals surface area contributed by atoms with E-state index in [1.807, 2.05) is 0 Å². The average Bonchev–Trinajstić information content (AvgIpc) is 2.38. The zero-order valence-electron chi connectivity index (χ0n) is 11.2. The first kappa shape index (κ1) is 17.7. The molecule has 1 atom stereocenters. The fourth-order valence-electron chi connectivity index (χ4n) is 1.11. The lowest BCUT2D eigenvalue weighted by Crippen LogP contribution is -2.20. The Labute approximate surface area is 113 Å². The van der Waals surface area contributed by atoms with Crippen LogP contribution in [0.2, 0.25) is 0 Å². The van der Waals surface area contributed by atoms with Crippen LogP contribution in [0, 0.1) is 0 Å². The van der Waals surface area contributed by atoms with E-state index in [4.69, 9.17) is 9.47 Å². The van der Waals surface area contributed by atoms with Crippen molar-refractivity contribution in [1.29, 1.82) is 0 Å².